The molecule has 0 aromatic carbocycles. The molecule has 1 amide bonds. The summed E-state index contributed by atoms with van der Waals surface area (Å²) in [4.78, 5) is 10.6. The summed E-state index contributed by atoms with van der Waals surface area (Å²) in [6.45, 7) is 7.24. The molecule has 106 valence electrons. The maximum Gasteiger partial charge on any atom is 0.404 e. The quantitative estimate of drug-likeness (QED) is 0.882. The van der Waals surface area contributed by atoms with Crippen LogP contribution in [-0.2, 0) is 6.54 Å². The summed E-state index contributed by atoms with van der Waals surface area (Å²) < 4.78 is 2.11. The minimum absolute atomic E-state index is 0.135. The van der Waals surface area contributed by atoms with E-state index in [1.54, 1.807) is 0 Å². The number of aryl methyl sites for hydroxylation is 1. The second-order valence-electron chi connectivity index (χ2n) is 5.65. The summed E-state index contributed by atoms with van der Waals surface area (Å²) >= 11 is 0. The fourth-order valence-corrected chi connectivity index (χ4v) is 2.87. The third-order valence-electron chi connectivity index (χ3n) is 4.35. The highest BCUT2D eigenvalue weighted by Crippen LogP contribution is 2.26. The molecule has 1 aromatic rings. The van der Waals surface area contributed by atoms with Crippen LogP contribution in [-0.4, -0.2) is 27.0 Å². The lowest BCUT2D eigenvalue weighted by Crippen LogP contribution is -2.37. The maximum absolute atomic E-state index is 10.6. The van der Waals surface area contributed by atoms with E-state index in [-0.39, 0.29) is 6.04 Å². The Morgan fingerprint density at radius 2 is 1.95 bits per heavy atom. The number of amides is 1. The number of carboxylic acid groups (broad SMARTS) is 1. The molecule has 0 atom stereocenters. The number of nitrogens with one attached hydrogen (secondary N) is 1. The van der Waals surface area contributed by atoms with Gasteiger partial charge in [-0.25, -0.2) is 4.79 Å². The minimum Gasteiger partial charge on any atom is -0.465 e. The molecule has 0 aliphatic heterocycles. The van der Waals surface area contributed by atoms with E-state index < -0.39 is 6.09 Å². The Morgan fingerprint density at radius 3 is 2.42 bits per heavy atom. The lowest BCUT2D eigenvalue weighted by molar-refractivity contribution is 0.180. The van der Waals surface area contributed by atoms with E-state index in [4.69, 9.17) is 5.11 Å². The largest absolute Gasteiger partial charge is 0.465 e. The van der Waals surface area contributed by atoms with Crippen molar-refractivity contribution in [2.75, 3.05) is 0 Å². The van der Waals surface area contributed by atoms with Crippen LogP contribution in [0.1, 0.15) is 42.6 Å². The summed E-state index contributed by atoms with van der Waals surface area (Å²) in [7, 11) is 0. The molecule has 19 heavy (non-hydrogen) atoms. The third kappa shape index (κ3) is 3.28. The lowest BCUT2D eigenvalue weighted by Gasteiger charge is -2.28. The molecule has 2 N–H and O–H groups in total. The Kier molecular flexibility index (Phi) is 4.12. The Morgan fingerprint density at radius 1 is 1.32 bits per heavy atom. The fraction of sp³-hybridized carbons (Fsp3) is 0.714. The Balaban J connectivity index is 1.88. The standard InChI is InChI=1S/C14H23N3O2/c1-9-10(2)16-17(11(9)3)8-12-4-6-13(7-5-12)15-14(18)19/h12-13,15H,4-8H2,1-3H3,(H,18,19). The van der Waals surface area contributed by atoms with Crippen LogP contribution in [0.2, 0.25) is 0 Å². The van der Waals surface area contributed by atoms with Gasteiger partial charge in [0.05, 0.1) is 5.69 Å². The molecule has 1 aromatic heterocycles. The van der Waals surface area contributed by atoms with Crippen molar-refractivity contribution in [1.29, 1.82) is 0 Å². The highest BCUT2D eigenvalue weighted by molar-refractivity contribution is 5.64. The Bertz CT molecular complexity index is 460. The van der Waals surface area contributed by atoms with Crippen molar-refractivity contribution < 1.29 is 9.90 Å². The topological polar surface area (TPSA) is 67.2 Å². The van der Waals surface area contributed by atoms with Crippen LogP contribution in [0.5, 0.6) is 0 Å². The predicted octanol–water partition coefficient (Wildman–Crippen LogP) is 2.63. The number of hydrogen-bond donors (Lipinski definition) is 2. The molecule has 5 heteroatoms. The molecule has 0 bridgehead atoms. The van der Waals surface area contributed by atoms with Gasteiger partial charge in [0.2, 0.25) is 0 Å². The molecule has 1 aliphatic rings. The van der Waals surface area contributed by atoms with Crippen molar-refractivity contribution >= 4 is 6.09 Å². The van der Waals surface area contributed by atoms with E-state index in [2.05, 4.69) is 28.9 Å². The summed E-state index contributed by atoms with van der Waals surface area (Å²) in [5, 5.41) is 15.9. The van der Waals surface area contributed by atoms with Gasteiger partial charge in [-0.1, -0.05) is 0 Å². The third-order valence-corrected chi connectivity index (χ3v) is 4.35. The molecule has 0 unspecified atom stereocenters. The number of aromatic nitrogens is 2. The first-order valence-corrected chi connectivity index (χ1v) is 6.97. The molecular weight excluding hydrogens is 242 g/mol. The van der Waals surface area contributed by atoms with E-state index >= 15 is 0 Å². The van der Waals surface area contributed by atoms with E-state index in [1.165, 1.54) is 11.3 Å². The van der Waals surface area contributed by atoms with Gasteiger partial charge < -0.3 is 10.4 Å². The molecule has 0 spiro atoms. The number of nitrogens with zero attached hydrogens (tertiary/aromatic N) is 2. The maximum atomic E-state index is 10.6. The molecule has 1 fully saturated rings. The first-order valence-electron chi connectivity index (χ1n) is 6.97. The van der Waals surface area contributed by atoms with Crippen LogP contribution < -0.4 is 5.32 Å². The van der Waals surface area contributed by atoms with Crippen LogP contribution in [0, 0.1) is 26.7 Å². The van der Waals surface area contributed by atoms with Crippen LogP contribution in [0.3, 0.4) is 0 Å². The van der Waals surface area contributed by atoms with Gasteiger partial charge in [0, 0.05) is 18.3 Å². The minimum atomic E-state index is -0.905. The van der Waals surface area contributed by atoms with Crippen molar-refractivity contribution in [2.45, 2.75) is 59.0 Å². The van der Waals surface area contributed by atoms with Gasteiger partial charge in [-0.05, 0) is 57.9 Å². The van der Waals surface area contributed by atoms with Crippen LogP contribution in [0.15, 0.2) is 0 Å². The Labute approximate surface area is 114 Å². The number of hydrogen-bond acceptors (Lipinski definition) is 2. The predicted molar refractivity (Wildman–Crippen MR) is 73.3 cm³/mol. The van der Waals surface area contributed by atoms with Gasteiger partial charge in [-0.2, -0.15) is 5.10 Å². The van der Waals surface area contributed by atoms with Gasteiger partial charge >= 0.3 is 6.09 Å². The molecule has 5 nitrogen and oxygen atoms in total. The smallest absolute Gasteiger partial charge is 0.404 e. The van der Waals surface area contributed by atoms with Gasteiger partial charge in [-0.15, -0.1) is 0 Å². The first kappa shape index (κ1) is 13.9. The molecule has 0 saturated heterocycles. The van der Waals surface area contributed by atoms with E-state index in [0.717, 1.165) is 37.9 Å². The molecule has 1 aliphatic carbocycles. The molecular formula is C14H23N3O2. The van der Waals surface area contributed by atoms with Gasteiger partial charge in [-0.3, -0.25) is 4.68 Å². The van der Waals surface area contributed by atoms with Crippen molar-refractivity contribution in [3.05, 3.63) is 17.0 Å². The second kappa shape index (κ2) is 5.63. The average Bonchev–Trinajstić information content (AvgIpc) is 2.59. The Hall–Kier alpha value is -1.52. The second-order valence-corrected chi connectivity index (χ2v) is 5.65. The number of carbonyl (C=O) groups is 1. The van der Waals surface area contributed by atoms with Gasteiger partial charge in [0.15, 0.2) is 0 Å². The van der Waals surface area contributed by atoms with E-state index in [1.807, 2.05) is 6.92 Å². The fourth-order valence-electron chi connectivity index (χ4n) is 2.87. The monoisotopic (exact) mass is 265 g/mol. The molecule has 1 heterocycles. The first-order chi connectivity index (χ1) is 8.97. The summed E-state index contributed by atoms with van der Waals surface area (Å²) in [5.41, 5.74) is 3.64. The average molecular weight is 265 g/mol. The lowest BCUT2D eigenvalue weighted by atomic mass is 9.86. The molecule has 0 radical (unpaired) electrons. The normalized spacial score (nSPS) is 23.3. The van der Waals surface area contributed by atoms with Crippen LogP contribution in [0.4, 0.5) is 4.79 Å². The zero-order valence-corrected chi connectivity index (χ0v) is 11.9. The van der Waals surface area contributed by atoms with Crippen molar-refractivity contribution in [3.63, 3.8) is 0 Å². The highest BCUT2D eigenvalue weighted by atomic mass is 16.4. The van der Waals surface area contributed by atoms with Crippen molar-refractivity contribution in [2.24, 2.45) is 5.92 Å². The molecule has 2 rings (SSSR count). The summed E-state index contributed by atoms with van der Waals surface area (Å²) in [5.74, 6) is 0.615. The summed E-state index contributed by atoms with van der Waals surface area (Å²) in [6, 6.07) is 0.135. The van der Waals surface area contributed by atoms with Gasteiger partial charge in [0.25, 0.3) is 0 Å². The van der Waals surface area contributed by atoms with E-state index in [9.17, 15) is 4.79 Å². The van der Waals surface area contributed by atoms with Gasteiger partial charge in [0.1, 0.15) is 0 Å². The van der Waals surface area contributed by atoms with E-state index in [0.29, 0.717) is 5.92 Å². The van der Waals surface area contributed by atoms with Crippen molar-refractivity contribution in [1.82, 2.24) is 15.1 Å². The SMILES string of the molecule is Cc1nn(CC2CCC(NC(=O)O)CC2)c(C)c1C. The zero-order chi connectivity index (χ0) is 14.0. The highest BCUT2D eigenvalue weighted by Gasteiger charge is 2.23. The molecule has 1 saturated carbocycles. The zero-order valence-electron chi connectivity index (χ0n) is 11.9. The van der Waals surface area contributed by atoms with Crippen LogP contribution >= 0.6 is 0 Å². The van der Waals surface area contributed by atoms with Crippen molar-refractivity contribution in [3.8, 4) is 0 Å². The van der Waals surface area contributed by atoms with Crippen LogP contribution in [0.25, 0.3) is 0 Å². The summed E-state index contributed by atoms with van der Waals surface area (Å²) in [6.07, 6.45) is 3.12. The number of rotatable bonds is 3.